The van der Waals surface area contributed by atoms with Crippen LogP contribution in [0.1, 0.15) is 5.56 Å². The average Bonchev–Trinajstić information content (AvgIpc) is 2.56. The third-order valence-corrected chi connectivity index (χ3v) is 3.15. The molecule has 0 radical (unpaired) electrons. The van der Waals surface area contributed by atoms with Crippen LogP contribution in [0.5, 0.6) is 11.5 Å². The highest BCUT2D eigenvalue weighted by molar-refractivity contribution is 5.93. The summed E-state index contributed by atoms with van der Waals surface area (Å²) in [5.74, 6) is 1.35. The molecule has 1 amide bonds. The predicted octanol–water partition coefficient (Wildman–Crippen LogP) is 2.43. The summed E-state index contributed by atoms with van der Waals surface area (Å²) in [7, 11) is 3.21. The smallest absolute Gasteiger partial charge is 0.238 e. The van der Waals surface area contributed by atoms with E-state index in [4.69, 9.17) is 9.47 Å². The normalized spacial score (nSPS) is 10.1. The standard InChI is InChI=1S/C17H20N2O3/c1-21-14-9-7-13(8-10-14)11-18-12-17(20)19-15-5-3-4-6-16(15)22-2/h3-10,18H,11-12H2,1-2H3,(H,19,20). The molecule has 0 unspecified atom stereocenters. The van der Waals surface area contributed by atoms with Gasteiger partial charge in [-0.3, -0.25) is 4.79 Å². The van der Waals surface area contributed by atoms with E-state index < -0.39 is 0 Å². The number of hydrogen-bond acceptors (Lipinski definition) is 4. The lowest BCUT2D eigenvalue weighted by Crippen LogP contribution is -2.27. The Bertz CT molecular complexity index is 612. The van der Waals surface area contributed by atoms with Crippen LogP contribution in [-0.2, 0) is 11.3 Å². The first-order valence-corrected chi connectivity index (χ1v) is 6.99. The van der Waals surface area contributed by atoms with Crippen LogP contribution in [0.25, 0.3) is 0 Å². The molecule has 0 saturated carbocycles. The molecule has 0 aromatic heterocycles. The number of nitrogens with one attached hydrogen (secondary N) is 2. The molecule has 2 N–H and O–H groups in total. The molecule has 0 fully saturated rings. The van der Waals surface area contributed by atoms with Crippen LogP contribution in [0.15, 0.2) is 48.5 Å². The first-order valence-electron chi connectivity index (χ1n) is 6.99. The highest BCUT2D eigenvalue weighted by Gasteiger charge is 2.06. The minimum atomic E-state index is -0.113. The Labute approximate surface area is 130 Å². The molecule has 116 valence electrons. The molecule has 22 heavy (non-hydrogen) atoms. The number of benzene rings is 2. The minimum Gasteiger partial charge on any atom is -0.497 e. The van der Waals surface area contributed by atoms with Crippen molar-refractivity contribution in [2.75, 3.05) is 26.1 Å². The lowest BCUT2D eigenvalue weighted by atomic mass is 10.2. The summed E-state index contributed by atoms with van der Waals surface area (Å²) in [4.78, 5) is 11.9. The second kappa shape index (κ2) is 8.05. The van der Waals surface area contributed by atoms with E-state index in [0.717, 1.165) is 11.3 Å². The molecule has 0 saturated heterocycles. The molecule has 0 aliphatic rings. The van der Waals surface area contributed by atoms with Gasteiger partial charge in [0.05, 0.1) is 26.5 Å². The molecule has 2 aromatic rings. The monoisotopic (exact) mass is 300 g/mol. The maximum atomic E-state index is 11.9. The minimum absolute atomic E-state index is 0.113. The van der Waals surface area contributed by atoms with Crippen molar-refractivity contribution in [1.82, 2.24) is 5.32 Å². The molecular weight excluding hydrogens is 280 g/mol. The summed E-state index contributed by atoms with van der Waals surface area (Å²) in [5.41, 5.74) is 1.76. The summed E-state index contributed by atoms with van der Waals surface area (Å²) < 4.78 is 10.3. The first-order chi connectivity index (χ1) is 10.7. The van der Waals surface area contributed by atoms with Gasteiger partial charge in [-0.15, -0.1) is 0 Å². The molecule has 0 atom stereocenters. The second-order valence-electron chi connectivity index (χ2n) is 4.70. The fraction of sp³-hybridized carbons (Fsp3) is 0.235. The van der Waals surface area contributed by atoms with Crippen LogP contribution in [0.4, 0.5) is 5.69 Å². The molecule has 2 aromatic carbocycles. The van der Waals surface area contributed by atoms with Crippen LogP contribution in [-0.4, -0.2) is 26.7 Å². The molecule has 5 nitrogen and oxygen atoms in total. The molecular formula is C17H20N2O3. The van der Waals surface area contributed by atoms with E-state index >= 15 is 0 Å². The predicted molar refractivity (Wildman–Crippen MR) is 86.3 cm³/mol. The van der Waals surface area contributed by atoms with Gasteiger partial charge in [-0.1, -0.05) is 24.3 Å². The maximum Gasteiger partial charge on any atom is 0.238 e. The third kappa shape index (κ3) is 4.49. The van der Waals surface area contributed by atoms with Crippen molar-refractivity contribution in [2.45, 2.75) is 6.54 Å². The Morgan fingerprint density at radius 1 is 1.00 bits per heavy atom. The molecule has 0 spiro atoms. The van der Waals surface area contributed by atoms with Crippen LogP contribution in [0, 0.1) is 0 Å². The average molecular weight is 300 g/mol. The number of amides is 1. The lowest BCUT2D eigenvalue weighted by Gasteiger charge is -2.10. The van der Waals surface area contributed by atoms with Crippen LogP contribution in [0.2, 0.25) is 0 Å². The zero-order valence-electron chi connectivity index (χ0n) is 12.8. The maximum absolute atomic E-state index is 11.9. The van der Waals surface area contributed by atoms with E-state index in [1.807, 2.05) is 36.4 Å². The van der Waals surface area contributed by atoms with E-state index in [-0.39, 0.29) is 12.5 Å². The summed E-state index contributed by atoms with van der Waals surface area (Å²) in [6, 6.07) is 15.0. The molecule has 0 aliphatic carbocycles. The number of hydrogen-bond donors (Lipinski definition) is 2. The van der Waals surface area contributed by atoms with Crippen molar-refractivity contribution in [3.63, 3.8) is 0 Å². The Kier molecular flexibility index (Phi) is 5.80. The van der Waals surface area contributed by atoms with Gasteiger partial charge in [0.25, 0.3) is 0 Å². The Balaban J connectivity index is 1.80. The van der Waals surface area contributed by atoms with E-state index in [0.29, 0.717) is 18.0 Å². The number of carbonyl (C=O) groups is 1. The quantitative estimate of drug-likeness (QED) is 0.824. The van der Waals surface area contributed by atoms with Crippen molar-refractivity contribution in [3.05, 3.63) is 54.1 Å². The summed E-state index contributed by atoms with van der Waals surface area (Å²) in [6.07, 6.45) is 0. The first kappa shape index (κ1) is 15.9. The fourth-order valence-corrected chi connectivity index (χ4v) is 2.01. The lowest BCUT2D eigenvalue weighted by molar-refractivity contribution is -0.115. The molecule has 0 heterocycles. The van der Waals surface area contributed by atoms with Gasteiger partial charge in [0.2, 0.25) is 5.91 Å². The van der Waals surface area contributed by atoms with Gasteiger partial charge >= 0.3 is 0 Å². The van der Waals surface area contributed by atoms with E-state index in [9.17, 15) is 4.79 Å². The van der Waals surface area contributed by atoms with Crippen molar-refractivity contribution in [2.24, 2.45) is 0 Å². The van der Waals surface area contributed by atoms with Crippen LogP contribution in [0.3, 0.4) is 0 Å². The van der Waals surface area contributed by atoms with Gasteiger partial charge < -0.3 is 20.1 Å². The van der Waals surface area contributed by atoms with Crippen LogP contribution < -0.4 is 20.1 Å². The Morgan fingerprint density at radius 3 is 2.41 bits per heavy atom. The van der Waals surface area contributed by atoms with E-state index in [1.165, 1.54) is 0 Å². The van der Waals surface area contributed by atoms with Gasteiger partial charge in [-0.2, -0.15) is 0 Å². The highest BCUT2D eigenvalue weighted by Crippen LogP contribution is 2.22. The van der Waals surface area contributed by atoms with Crippen molar-refractivity contribution in [1.29, 1.82) is 0 Å². The molecule has 0 aliphatic heterocycles. The van der Waals surface area contributed by atoms with Gasteiger partial charge in [0, 0.05) is 6.54 Å². The summed E-state index contributed by atoms with van der Waals surface area (Å²) in [5, 5.41) is 5.92. The largest absolute Gasteiger partial charge is 0.497 e. The van der Waals surface area contributed by atoms with Gasteiger partial charge in [0.1, 0.15) is 11.5 Å². The van der Waals surface area contributed by atoms with Crippen molar-refractivity contribution < 1.29 is 14.3 Å². The van der Waals surface area contributed by atoms with E-state index in [2.05, 4.69) is 10.6 Å². The molecule has 0 bridgehead atoms. The highest BCUT2D eigenvalue weighted by atomic mass is 16.5. The Morgan fingerprint density at radius 2 is 1.73 bits per heavy atom. The summed E-state index contributed by atoms with van der Waals surface area (Å²) in [6.45, 7) is 0.841. The van der Waals surface area contributed by atoms with Crippen molar-refractivity contribution in [3.8, 4) is 11.5 Å². The molecule has 2 rings (SSSR count). The zero-order chi connectivity index (χ0) is 15.8. The van der Waals surface area contributed by atoms with Gasteiger partial charge in [-0.25, -0.2) is 0 Å². The number of para-hydroxylation sites is 2. The summed E-state index contributed by atoms with van der Waals surface area (Å²) >= 11 is 0. The number of ether oxygens (including phenoxy) is 2. The number of carbonyl (C=O) groups excluding carboxylic acids is 1. The van der Waals surface area contributed by atoms with Crippen LogP contribution >= 0.6 is 0 Å². The zero-order valence-corrected chi connectivity index (χ0v) is 12.8. The number of rotatable bonds is 7. The van der Waals surface area contributed by atoms with E-state index in [1.54, 1.807) is 26.4 Å². The number of anilines is 1. The third-order valence-electron chi connectivity index (χ3n) is 3.15. The second-order valence-corrected chi connectivity index (χ2v) is 4.70. The van der Waals surface area contributed by atoms with Gasteiger partial charge in [-0.05, 0) is 29.8 Å². The molecule has 5 heteroatoms. The number of methoxy groups -OCH3 is 2. The SMILES string of the molecule is COc1ccc(CNCC(=O)Nc2ccccc2OC)cc1. The topological polar surface area (TPSA) is 59.6 Å². The van der Waals surface area contributed by atoms with Gasteiger partial charge in [0.15, 0.2) is 0 Å². The fourth-order valence-electron chi connectivity index (χ4n) is 2.01. The van der Waals surface area contributed by atoms with Crippen molar-refractivity contribution >= 4 is 11.6 Å². The Hall–Kier alpha value is -2.53.